The van der Waals surface area contributed by atoms with E-state index in [1.54, 1.807) is 12.1 Å². The first kappa shape index (κ1) is 15.0. The fourth-order valence-corrected chi connectivity index (χ4v) is 4.15. The van der Waals surface area contributed by atoms with E-state index in [-0.39, 0.29) is 11.5 Å². The number of hydrogen-bond acceptors (Lipinski definition) is 3. The SMILES string of the molecule is CNC(C)c1ccc(S(=O)(=O)NCC2(C3CC3)CC2)cc1. The number of sulfonamides is 1. The van der Waals surface area contributed by atoms with Gasteiger partial charge in [-0.2, -0.15) is 0 Å². The third kappa shape index (κ3) is 3.15. The molecule has 0 aromatic heterocycles. The first-order chi connectivity index (χ1) is 9.97. The molecule has 2 aliphatic rings. The maximum absolute atomic E-state index is 12.4. The quantitative estimate of drug-likeness (QED) is 0.813. The predicted octanol–water partition coefficient (Wildman–Crippen LogP) is 2.44. The summed E-state index contributed by atoms with van der Waals surface area (Å²) < 4.78 is 27.6. The zero-order chi connectivity index (χ0) is 15.1. The van der Waals surface area contributed by atoms with E-state index in [1.165, 1.54) is 25.7 Å². The lowest BCUT2D eigenvalue weighted by atomic mass is 10.0. The van der Waals surface area contributed by atoms with E-state index in [4.69, 9.17) is 0 Å². The predicted molar refractivity (Wildman–Crippen MR) is 83.5 cm³/mol. The van der Waals surface area contributed by atoms with Crippen molar-refractivity contribution in [1.29, 1.82) is 0 Å². The molecule has 0 bridgehead atoms. The molecule has 2 aliphatic carbocycles. The highest BCUT2D eigenvalue weighted by Gasteiger charge is 2.53. The first-order valence-electron chi connectivity index (χ1n) is 7.74. The molecule has 2 N–H and O–H groups in total. The van der Waals surface area contributed by atoms with Crippen LogP contribution in [0.1, 0.15) is 44.2 Å². The molecule has 1 unspecified atom stereocenters. The van der Waals surface area contributed by atoms with E-state index in [0.717, 1.165) is 11.5 Å². The van der Waals surface area contributed by atoms with Gasteiger partial charge in [0, 0.05) is 12.6 Å². The lowest BCUT2D eigenvalue weighted by Gasteiger charge is -2.16. The second-order valence-corrected chi connectivity index (χ2v) is 8.31. The molecule has 21 heavy (non-hydrogen) atoms. The second-order valence-electron chi connectivity index (χ2n) is 6.54. The van der Waals surface area contributed by atoms with Crippen LogP contribution in [0.4, 0.5) is 0 Å². The molecule has 1 atom stereocenters. The Hall–Kier alpha value is -0.910. The minimum absolute atomic E-state index is 0.222. The van der Waals surface area contributed by atoms with Crippen LogP contribution in [0, 0.1) is 11.3 Å². The van der Waals surface area contributed by atoms with Gasteiger partial charge in [0.15, 0.2) is 0 Å². The molecule has 116 valence electrons. The van der Waals surface area contributed by atoms with Crippen LogP contribution in [0.3, 0.4) is 0 Å². The Balaban J connectivity index is 1.66. The van der Waals surface area contributed by atoms with Gasteiger partial charge in [0.25, 0.3) is 0 Å². The molecule has 0 saturated heterocycles. The van der Waals surface area contributed by atoms with Crippen LogP contribution in [0.25, 0.3) is 0 Å². The van der Waals surface area contributed by atoms with E-state index >= 15 is 0 Å². The summed E-state index contributed by atoms with van der Waals surface area (Å²) in [5.41, 5.74) is 1.38. The molecule has 0 aliphatic heterocycles. The van der Waals surface area contributed by atoms with Gasteiger partial charge in [0.2, 0.25) is 10.0 Å². The van der Waals surface area contributed by atoms with Gasteiger partial charge in [-0.15, -0.1) is 0 Å². The topological polar surface area (TPSA) is 58.2 Å². The normalized spacial score (nSPS) is 22.0. The Bertz CT molecular complexity index is 602. The monoisotopic (exact) mass is 308 g/mol. The van der Waals surface area contributed by atoms with Gasteiger partial charge in [-0.25, -0.2) is 13.1 Å². The molecule has 1 aromatic rings. The van der Waals surface area contributed by atoms with Crippen LogP contribution < -0.4 is 10.0 Å². The molecular formula is C16H24N2O2S. The van der Waals surface area contributed by atoms with Gasteiger partial charge in [0.05, 0.1) is 4.90 Å². The van der Waals surface area contributed by atoms with Crippen molar-refractivity contribution in [2.45, 2.75) is 43.5 Å². The van der Waals surface area contributed by atoms with E-state index in [0.29, 0.717) is 11.4 Å². The van der Waals surface area contributed by atoms with Crippen LogP contribution in [0.5, 0.6) is 0 Å². The van der Waals surface area contributed by atoms with Crippen molar-refractivity contribution in [3.05, 3.63) is 29.8 Å². The Morgan fingerprint density at radius 3 is 2.33 bits per heavy atom. The van der Waals surface area contributed by atoms with Gasteiger partial charge in [-0.1, -0.05) is 12.1 Å². The molecule has 3 rings (SSSR count). The third-order valence-electron chi connectivity index (χ3n) is 5.07. The van der Waals surface area contributed by atoms with Crippen LogP contribution in [-0.4, -0.2) is 22.0 Å². The van der Waals surface area contributed by atoms with Gasteiger partial charge in [-0.3, -0.25) is 0 Å². The maximum Gasteiger partial charge on any atom is 0.240 e. The highest BCUT2D eigenvalue weighted by atomic mass is 32.2. The third-order valence-corrected chi connectivity index (χ3v) is 6.49. The highest BCUT2D eigenvalue weighted by molar-refractivity contribution is 7.89. The highest BCUT2D eigenvalue weighted by Crippen LogP contribution is 2.60. The van der Waals surface area contributed by atoms with Crippen molar-refractivity contribution in [3.63, 3.8) is 0 Å². The van der Waals surface area contributed by atoms with Crippen LogP contribution in [0.15, 0.2) is 29.2 Å². The average molecular weight is 308 g/mol. The average Bonchev–Trinajstić information content (AvgIpc) is 3.37. The van der Waals surface area contributed by atoms with Crippen LogP contribution >= 0.6 is 0 Å². The molecular weight excluding hydrogens is 284 g/mol. The zero-order valence-electron chi connectivity index (χ0n) is 12.7. The summed E-state index contributed by atoms with van der Waals surface area (Å²) in [6.07, 6.45) is 4.91. The Morgan fingerprint density at radius 1 is 1.24 bits per heavy atom. The Morgan fingerprint density at radius 2 is 1.86 bits per heavy atom. The Labute approximate surface area is 127 Å². The summed E-state index contributed by atoms with van der Waals surface area (Å²) in [4.78, 5) is 0.362. The van der Waals surface area contributed by atoms with Gasteiger partial charge in [0.1, 0.15) is 0 Å². The fraction of sp³-hybridized carbons (Fsp3) is 0.625. The van der Waals surface area contributed by atoms with Crippen molar-refractivity contribution in [2.24, 2.45) is 11.3 Å². The smallest absolute Gasteiger partial charge is 0.240 e. The summed E-state index contributed by atoms with van der Waals surface area (Å²) in [5.74, 6) is 0.763. The summed E-state index contributed by atoms with van der Waals surface area (Å²) in [6, 6.07) is 7.37. The standard InChI is InChI=1S/C16H24N2O2S/c1-12(17-2)13-3-7-15(8-4-13)21(19,20)18-11-16(9-10-16)14-5-6-14/h3-4,7-8,12,14,17-18H,5-6,9-11H2,1-2H3. The minimum Gasteiger partial charge on any atom is -0.313 e. The molecule has 5 heteroatoms. The summed E-state index contributed by atoms with van der Waals surface area (Å²) in [6.45, 7) is 2.66. The van der Waals surface area contributed by atoms with Gasteiger partial charge in [-0.05, 0) is 68.7 Å². The van der Waals surface area contributed by atoms with E-state index in [1.807, 2.05) is 26.1 Å². The lowest BCUT2D eigenvalue weighted by molar-refractivity contribution is 0.432. The molecule has 0 spiro atoms. The fourth-order valence-electron chi connectivity index (χ4n) is 3.01. The largest absolute Gasteiger partial charge is 0.313 e. The minimum atomic E-state index is -3.38. The zero-order valence-corrected chi connectivity index (χ0v) is 13.5. The number of nitrogens with one attached hydrogen (secondary N) is 2. The van der Waals surface area contributed by atoms with Crippen molar-refractivity contribution >= 4 is 10.0 Å². The first-order valence-corrected chi connectivity index (χ1v) is 9.22. The van der Waals surface area contributed by atoms with Crippen molar-refractivity contribution < 1.29 is 8.42 Å². The van der Waals surface area contributed by atoms with Crippen molar-refractivity contribution in [2.75, 3.05) is 13.6 Å². The molecule has 4 nitrogen and oxygen atoms in total. The summed E-state index contributed by atoms with van der Waals surface area (Å²) >= 11 is 0. The van der Waals surface area contributed by atoms with E-state index in [2.05, 4.69) is 10.0 Å². The molecule has 2 saturated carbocycles. The molecule has 0 radical (unpaired) electrons. The van der Waals surface area contributed by atoms with E-state index in [9.17, 15) is 8.42 Å². The molecule has 2 fully saturated rings. The molecule has 0 heterocycles. The second kappa shape index (κ2) is 5.38. The Kier molecular flexibility index (Phi) is 3.84. The number of hydrogen-bond donors (Lipinski definition) is 2. The molecule has 0 amide bonds. The van der Waals surface area contributed by atoms with Gasteiger partial charge < -0.3 is 5.32 Å². The number of rotatable bonds is 7. The van der Waals surface area contributed by atoms with Gasteiger partial charge >= 0.3 is 0 Å². The number of benzene rings is 1. The summed E-state index contributed by atoms with van der Waals surface area (Å²) in [7, 11) is -1.49. The van der Waals surface area contributed by atoms with Crippen LogP contribution in [0.2, 0.25) is 0 Å². The van der Waals surface area contributed by atoms with Crippen molar-refractivity contribution in [1.82, 2.24) is 10.0 Å². The maximum atomic E-state index is 12.4. The van der Waals surface area contributed by atoms with Crippen LogP contribution in [-0.2, 0) is 10.0 Å². The lowest BCUT2D eigenvalue weighted by Crippen LogP contribution is -2.31. The van der Waals surface area contributed by atoms with E-state index < -0.39 is 10.0 Å². The summed E-state index contributed by atoms with van der Waals surface area (Å²) in [5, 5.41) is 3.15. The van der Waals surface area contributed by atoms with Crippen molar-refractivity contribution in [3.8, 4) is 0 Å². The molecule has 1 aromatic carbocycles.